The Morgan fingerprint density at radius 3 is 2.90 bits per heavy atom. The maximum absolute atomic E-state index is 5.94. The smallest absolute Gasteiger partial charge is 0.0345 e. The Morgan fingerprint density at radius 2 is 2.14 bits per heavy atom. The van der Waals surface area contributed by atoms with Crippen LogP contribution >= 0.6 is 11.3 Å². The lowest BCUT2D eigenvalue weighted by Crippen LogP contribution is -2.48. The summed E-state index contributed by atoms with van der Waals surface area (Å²) in [5.74, 6) is 6.60. The van der Waals surface area contributed by atoms with Crippen molar-refractivity contribution in [3.05, 3.63) is 35.2 Å². The molecule has 3 rings (SSSR count). The van der Waals surface area contributed by atoms with Crippen LogP contribution in [-0.2, 0) is 6.42 Å². The zero-order chi connectivity index (χ0) is 14.9. The van der Waals surface area contributed by atoms with Gasteiger partial charge in [0.1, 0.15) is 0 Å². The summed E-state index contributed by atoms with van der Waals surface area (Å²) >= 11 is 1.84. The van der Waals surface area contributed by atoms with E-state index in [9.17, 15) is 0 Å². The second-order valence-corrected chi connectivity index (χ2v) is 7.99. The van der Waals surface area contributed by atoms with E-state index in [1.807, 2.05) is 11.3 Å². The highest BCUT2D eigenvalue weighted by atomic mass is 32.1. The molecule has 1 aromatic heterocycles. The predicted octanol–water partition coefficient (Wildman–Crippen LogP) is 4.49. The number of thiophene rings is 1. The number of rotatable bonds is 4. The van der Waals surface area contributed by atoms with Crippen molar-refractivity contribution in [1.82, 2.24) is 5.43 Å². The van der Waals surface area contributed by atoms with Crippen LogP contribution < -0.4 is 11.3 Å². The molecule has 1 heterocycles. The van der Waals surface area contributed by atoms with Crippen LogP contribution in [0.1, 0.15) is 45.1 Å². The lowest BCUT2D eigenvalue weighted by Gasteiger charge is -2.43. The monoisotopic (exact) mass is 302 g/mol. The molecule has 1 aliphatic carbocycles. The van der Waals surface area contributed by atoms with E-state index in [1.54, 1.807) is 0 Å². The van der Waals surface area contributed by atoms with Crippen molar-refractivity contribution in [3.8, 4) is 0 Å². The number of benzene rings is 1. The van der Waals surface area contributed by atoms with Gasteiger partial charge in [-0.05, 0) is 53.0 Å². The largest absolute Gasteiger partial charge is 0.271 e. The standard InChI is InChI=1S/C18H26N2S/c1-18(2)10-6-5-8-15(18)16(20-19)11-13-12-21-17-9-4-3-7-14(13)17/h3-4,7,9,12,15-16,20H,5-6,8,10-11,19H2,1-2H3. The molecule has 0 radical (unpaired) electrons. The first-order valence-corrected chi connectivity index (χ1v) is 8.91. The highest BCUT2D eigenvalue weighted by molar-refractivity contribution is 7.17. The molecule has 1 aliphatic rings. The third kappa shape index (κ3) is 3.01. The van der Waals surface area contributed by atoms with Gasteiger partial charge in [-0.25, -0.2) is 0 Å². The van der Waals surface area contributed by atoms with Crippen LogP contribution in [0.4, 0.5) is 0 Å². The van der Waals surface area contributed by atoms with Crippen molar-refractivity contribution in [2.45, 2.75) is 52.0 Å². The molecule has 2 atom stereocenters. The molecule has 1 saturated carbocycles. The summed E-state index contributed by atoms with van der Waals surface area (Å²) in [6, 6.07) is 9.07. The number of hydrogen-bond donors (Lipinski definition) is 2. The molecule has 3 N–H and O–H groups in total. The third-order valence-corrected chi connectivity index (χ3v) is 6.30. The van der Waals surface area contributed by atoms with Gasteiger partial charge in [0, 0.05) is 10.7 Å². The van der Waals surface area contributed by atoms with E-state index in [4.69, 9.17) is 5.84 Å². The van der Waals surface area contributed by atoms with Gasteiger partial charge in [0.25, 0.3) is 0 Å². The van der Waals surface area contributed by atoms with E-state index in [0.717, 1.165) is 6.42 Å². The van der Waals surface area contributed by atoms with E-state index in [-0.39, 0.29) is 0 Å². The molecule has 3 heteroatoms. The van der Waals surface area contributed by atoms with Gasteiger partial charge in [-0.15, -0.1) is 11.3 Å². The van der Waals surface area contributed by atoms with Crippen LogP contribution in [0.25, 0.3) is 10.1 Å². The second-order valence-electron chi connectivity index (χ2n) is 7.08. The average molecular weight is 302 g/mol. The van der Waals surface area contributed by atoms with Crippen molar-refractivity contribution in [3.63, 3.8) is 0 Å². The number of nitrogens with one attached hydrogen (secondary N) is 1. The zero-order valence-corrected chi connectivity index (χ0v) is 13.9. The summed E-state index contributed by atoms with van der Waals surface area (Å²) in [5, 5.41) is 3.71. The normalized spacial score (nSPS) is 23.3. The Morgan fingerprint density at radius 1 is 1.33 bits per heavy atom. The fourth-order valence-corrected chi connectivity index (χ4v) is 4.99. The Hall–Kier alpha value is -0.900. The summed E-state index contributed by atoms with van der Waals surface area (Å²) in [4.78, 5) is 0. The summed E-state index contributed by atoms with van der Waals surface area (Å²) in [5.41, 5.74) is 4.97. The third-order valence-electron chi connectivity index (χ3n) is 5.29. The summed E-state index contributed by atoms with van der Waals surface area (Å²) in [7, 11) is 0. The van der Waals surface area contributed by atoms with Gasteiger partial charge in [0.2, 0.25) is 0 Å². The van der Waals surface area contributed by atoms with Gasteiger partial charge in [0.05, 0.1) is 0 Å². The Balaban J connectivity index is 1.84. The highest BCUT2D eigenvalue weighted by Crippen LogP contribution is 2.43. The number of fused-ring (bicyclic) bond motifs is 1. The first kappa shape index (κ1) is 15.0. The summed E-state index contributed by atoms with van der Waals surface area (Å²) in [6.45, 7) is 4.82. The molecule has 21 heavy (non-hydrogen) atoms. The van der Waals surface area contributed by atoms with Crippen LogP contribution in [0.15, 0.2) is 29.6 Å². The number of hydrogen-bond acceptors (Lipinski definition) is 3. The van der Waals surface area contributed by atoms with E-state index in [1.165, 1.54) is 41.3 Å². The molecule has 2 aromatic rings. The maximum Gasteiger partial charge on any atom is 0.0345 e. The molecule has 0 spiro atoms. The molecule has 0 saturated heterocycles. The van der Waals surface area contributed by atoms with Gasteiger partial charge >= 0.3 is 0 Å². The van der Waals surface area contributed by atoms with Crippen molar-refractivity contribution < 1.29 is 0 Å². The van der Waals surface area contributed by atoms with E-state index in [2.05, 4.69) is 48.9 Å². The lowest BCUT2D eigenvalue weighted by molar-refractivity contribution is 0.0983. The minimum absolute atomic E-state index is 0.373. The molecular formula is C18H26N2S. The average Bonchev–Trinajstić information content (AvgIpc) is 2.88. The first-order chi connectivity index (χ1) is 10.1. The van der Waals surface area contributed by atoms with Crippen LogP contribution in [-0.4, -0.2) is 6.04 Å². The Kier molecular flexibility index (Phi) is 4.34. The van der Waals surface area contributed by atoms with E-state index < -0.39 is 0 Å². The molecule has 0 amide bonds. The maximum atomic E-state index is 5.94. The highest BCUT2D eigenvalue weighted by Gasteiger charge is 2.37. The number of nitrogens with two attached hydrogens (primary N) is 1. The Bertz CT molecular complexity index is 602. The van der Waals surface area contributed by atoms with Crippen LogP contribution in [0, 0.1) is 11.3 Å². The Labute approximate surface area is 131 Å². The lowest BCUT2D eigenvalue weighted by atomic mass is 9.65. The molecule has 2 unspecified atom stereocenters. The van der Waals surface area contributed by atoms with Crippen LogP contribution in [0.3, 0.4) is 0 Å². The SMILES string of the molecule is CC1(C)CCCCC1C(Cc1csc2ccccc12)NN. The molecule has 114 valence electrons. The van der Waals surface area contributed by atoms with Crippen molar-refractivity contribution in [2.75, 3.05) is 0 Å². The van der Waals surface area contributed by atoms with Crippen LogP contribution in [0.2, 0.25) is 0 Å². The van der Waals surface area contributed by atoms with Gasteiger partial charge < -0.3 is 0 Å². The molecule has 0 bridgehead atoms. The summed E-state index contributed by atoms with van der Waals surface area (Å²) in [6.07, 6.45) is 6.36. The minimum Gasteiger partial charge on any atom is -0.271 e. The first-order valence-electron chi connectivity index (χ1n) is 8.03. The van der Waals surface area contributed by atoms with E-state index in [0.29, 0.717) is 17.4 Å². The van der Waals surface area contributed by atoms with Gasteiger partial charge in [-0.1, -0.05) is 44.9 Å². The topological polar surface area (TPSA) is 38.0 Å². The predicted molar refractivity (Wildman–Crippen MR) is 92.4 cm³/mol. The van der Waals surface area contributed by atoms with Crippen molar-refractivity contribution in [1.29, 1.82) is 0 Å². The molecule has 0 aliphatic heterocycles. The fourth-order valence-electron chi connectivity index (χ4n) is 4.01. The van der Waals surface area contributed by atoms with Gasteiger partial charge in [-0.2, -0.15) is 0 Å². The quantitative estimate of drug-likeness (QED) is 0.645. The van der Waals surface area contributed by atoms with Crippen molar-refractivity contribution in [2.24, 2.45) is 17.2 Å². The fraction of sp³-hybridized carbons (Fsp3) is 0.556. The summed E-state index contributed by atoms with van der Waals surface area (Å²) < 4.78 is 1.38. The zero-order valence-electron chi connectivity index (χ0n) is 13.1. The van der Waals surface area contributed by atoms with Gasteiger partial charge in [0.15, 0.2) is 0 Å². The number of hydrazine groups is 1. The second kappa shape index (κ2) is 6.07. The molecular weight excluding hydrogens is 276 g/mol. The molecule has 2 nitrogen and oxygen atoms in total. The molecule has 1 fully saturated rings. The van der Waals surface area contributed by atoms with Crippen molar-refractivity contribution >= 4 is 21.4 Å². The van der Waals surface area contributed by atoms with Gasteiger partial charge in [-0.3, -0.25) is 11.3 Å². The van der Waals surface area contributed by atoms with Crippen LogP contribution in [0.5, 0.6) is 0 Å². The minimum atomic E-state index is 0.373. The molecule has 1 aromatic carbocycles. The van der Waals surface area contributed by atoms with E-state index >= 15 is 0 Å².